The summed E-state index contributed by atoms with van der Waals surface area (Å²) in [4.78, 5) is 18.3. The Hall–Kier alpha value is -0.940. The number of hydrogen-bond donors (Lipinski definition) is 0. The van der Waals surface area contributed by atoms with Crippen LogP contribution in [0.1, 0.15) is 6.42 Å². The summed E-state index contributed by atoms with van der Waals surface area (Å²) in [6.07, 6.45) is 0.542. The second kappa shape index (κ2) is 4.63. The van der Waals surface area contributed by atoms with E-state index in [4.69, 9.17) is 0 Å². The van der Waals surface area contributed by atoms with Gasteiger partial charge >= 0.3 is 0 Å². The first kappa shape index (κ1) is 12.1. The quantitative estimate of drug-likeness (QED) is 0.721. The number of benzene rings is 1. The Morgan fingerprint density at radius 3 is 2.83 bits per heavy atom. The average molecular weight is 370 g/mol. The number of hydrogen-bond acceptors (Lipinski definition) is 2. The van der Waals surface area contributed by atoms with E-state index in [9.17, 15) is 4.79 Å². The third kappa shape index (κ3) is 2.17. The first-order valence-electron chi connectivity index (χ1n) is 5.64. The normalized spacial score (nSPS) is 19.8. The molecule has 1 aliphatic heterocycles. The highest BCUT2D eigenvalue weighted by atomic mass is 79.9. The second-order valence-electron chi connectivity index (χ2n) is 4.31. The lowest BCUT2D eigenvalue weighted by Gasteiger charge is -2.15. The molecule has 1 aliphatic rings. The molecule has 0 N–H and O–H groups in total. The molecule has 3 nitrogen and oxygen atoms in total. The van der Waals surface area contributed by atoms with E-state index in [1.165, 1.54) is 0 Å². The lowest BCUT2D eigenvalue weighted by molar-refractivity contribution is -0.117. The summed E-state index contributed by atoms with van der Waals surface area (Å²) in [5.41, 5.74) is 0.904. The number of fused-ring (bicyclic) bond motifs is 1. The van der Waals surface area contributed by atoms with Crippen LogP contribution in [0.5, 0.6) is 0 Å². The van der Waals surface area contributed by atoms with Crippen molar-refractivity contribution >= 4 is 54.5 Å². The van der Waals surface area contributed by atoms with E-state index in [1.54, 1.807) is 4.90 Å². The van der Waals surface area contributed by atoms with Gasteiger partial charge in [0.15, 0.2) is 0 Å². The fourth-order valence-electron chi connectivity index (χ4n) is 2.12. The van der Waals surface area contributed by atoms with Gasteiger partial charge in [0.05, 0.1) is 5.52 Å². The fraction of sp³-hybridized carbons (Fsp3) is 0.231. The zero-order valence-electron chi connectivity index (χ0n) is 9.44. The molecule has 2 aromatic rings. The molecule has 2 heterocycles. The molecule has 1 saturated heterocycles. The van der Waals surface area contributed by atoms with Crippen LogP contribution in [0.15, 0.2) is 34.8 Å². The Morgan fingerprint density at radius 1 is 1.28 bits per heavy atom. The van der Waals surface area contributed by atoms with Gasteiger partial charge in [0, 0.05) is 27.7 Å². The number of carbonyl (C=O) groups is 1. The van der Waals surface area contributed by atoms with Crippen molar-refractivity contribution in [3.8, 4) is 0 Å². The highest BCUT2D eigenvalue weighted by Crippen LogP contribution is 2.26. The van der Waals surface area contributed by atoms with Crippen molar-refractivity contribution in [2.75, 3.05) is 11.4 Å². The number of carbonyl (C=O) groups excluding carboxylic acids is 1. The lowest BCUT2D eigenvalue weighted by atomic mass is 10.2. The molecule has 0 saturated carbocycles. The molecule has 0 radical (unpaired) electrons. The standard InChI is InChI=1S/C13H10Br2N2O/c14-9-2-3-11-8(5-9)1-4-12(16-11)17-7-10(15)6-13(17)18/h1-5,10H,6-7H2. The minimum Gasteiger partial charge on any atom is -0.296 e. The van der Waals surface area contributed by atoms with Gasteiger partial charge in [-0.2, -0.15) is 0 Å². The number of alkyl halides is 1. The van der Waals surface area contributed by atoms with Gasteiger partial charge in [-0.1, -0.05) is 31.9 Å². The maximum Gasteiger partial charge on any atom is 0.229 e. The van der Waals surface area contributed by atoms with Crippen LogP contribution in [-0.4, -0.2) is 22.3 Å². The molecule has 92 valence electrons. The van der Waals surface area contributed by atoms with E-state index >= 15 is 0 Å². The van der Waals surface area contributed by atoms with Crippen molar-refractivity contribution in [1.82, 2.24) is 4.98 Å². The van der Waals surface area contributed by atoms with Crippen molar-refractivity contribution in [1.29, 1.82) is 0 Å². The minimum absolute atomic E-state index is 0.126. The molecule has 3 rings (SSSR count). The lowest BCUT2D eigenvalue weighted by Crippen LogP contribution is -2.25. The SMILES string of the molecule is O=C1CC(Br)CN1c1ccc2cc(Br)ccc2n1. The van der Waals surface area contributed by atoms with Crippen LogP contribution in [0.4, 0.5) is 5.82 Å². The van der Waals surface area contributed by atoms with E-state index in [0.717, 1.165) is 21.2 Å². The van der Waals surface area contributed by atoms with Crippen molar-refractivity contribution < 1.29 is 4.79 Å². The Labute approximate surface area is 121 Å². The largest absolute Gasteiger partial charge is 0.296 e. The summed E-state index contributed by atoms with van der Waals surface area (Å²) in [6, 6.07) is 9.83. The summed E-state index contributed by atoms with van der Waals surface area (Å²) in [7, 11) is 0. The molecule has 18 heavy (non-hydrogen) atoms. The van der Waals surface area contributed by atoms with Gasteiger partial charge < -0.3 is 0 Å². The second-order valence-corrected chi connectivity index (χ2v) is 6.52. The van der Waals surface area contributed by atoms with Crippen molar-refractivity contribution in [2.24, 2.45) is 0 Å². The van der Waals surface area contributed by atoms with E-state index in [2.05, 4.69) is 36.8 Å². The fourth-order valence-corrected chi connectivity index (χ4v) is 3.07. The Kier molecular flexibility index (Phi) is 3.11. The van der Waals surface area contributed by atoms with Crippen LogP contribution < -0.4 is 4.90 Å². The summed E-state index contributed by atoms with van der Waals surface area (Å²) in [5, 5.41) is 1.06. The molecule has 0 spiro atoms. The smallest absolute Gasteiger partial charge is 0.229 e. The molecule has 1 fully saturated rings. The van der Waals surface area contributed by atoms with Gasteiger partial charge in [0.1, 0.15) is 5.82 Å². The summed E-state index contributed by atoms with van der Waals surface area (Å²) >= 11 is 6.92. The zero-order valence-corrected chi connectivity index (χ0v) is 12.6. The van der Waals surface area contributed by atoms with Gasteiger partial charge in [-0.25, -0.2) is 4.98 Å². The zero-order chi connectivity index (χ0) is 12.7. The van der Waals surface area contributed by atoms with E-state index in [0.29, 0.717) is 13.0 Å². The van der Waals surface area contributed by atoms with E-state index in [1.807, 2.05) is 30.3 Å². The molecular weight excluding hydrogens is 360 g/mol. The van der Waals surface area contributed by atoms with Crippen molar-refractivity contribution in [3.05, 3.63) is 34.8 Å². The predicted molar refractivity (Wildman–Crippen MR) is 79.1 cm³/mol. The Morgan fingerprint density at radius 2 is 2.11 bits per heavy atom. The Bertz CT molecular complexity index is 629. The molecular formula is C13H10Br2N2O. The monoisotopic (exact) mass is 368 g/mol. The molecule has 5 heteroatoms. The first-order chi connectivity index (χ1) is 8.63. The molecule has 1 aromatic heterocycles. The molecule has 1 aromatic carbocycles. The predicted octanol–water partition coefficient (Wildman–Crippen LogP) is 3.50. The van der Waals surface area contributed by atoms with Gasteiger partial charge in [-0.05, 0) is 30.3 Å². The number of nitrogens with zero attached hydrogens (tertiary/aromatic N) is 2. The van der Waals surface area contributed by atoms with Crippen LogP contribution in [0, 0.1) is 0 Å². The number of pyridine rings is 1. The number of amides is 1. The first-order valence-corrected chi connectivity index (χ1v) is 7.35. The minimum atomic E-state index is 0.126. The topological polar surface area (TPSA) is 33.2 Å². The van der Waals surface area contributed by atoms with Gasteiger partial charge in [0.25, 0.3) is 0 Å². The van der Waals surface area contributed by atoms with Crippen LogP contribution in [0.25, 0.3) is 10.9 Å². The highest BCUT2D eigenvalue weighted by molar-refractivity contribution is 9.10. The highest BCUT2D eigenvalue weighted by Gasteiger charge is 2.29. The third-order valence-corrected chi connectivity index (χ3v) is 4.10. The van der Waals surface area contributed by atoms with Crippen molar-refractivity contribution in [2.45, 2.75) is 11.2 Å². The number of aromatic nitrogens is 1. The molecule has 0 bridgehead atoms. The van der Waals surface area contributed by atoms with Crippen molar-refractivity contribution in [3.63, 3.8) is 0 Å². The van der Waals surface area contributed by atoms with Crippen LogP contribution in [0.2, 0.25) is 0 Å². The molecule has 1 atom stereocenters. The Balaban J connectivity index is 2.03. The van der Waals surface area contributed by atoms with Crippen LogP contribution in [0.3, 0.4) is 0 Å². The average Bonchev–Trinajstić information content (AvgIpc) is 2.68. The molecule has 1 amide bonds. The number of anilines is 1. The maximum atomic E-state index is 11.8. The summed E-state index contributed by atoms with van der Waals surface area (Å²) in [5.74, 6) is 0.859. The molecule has 0 aliphatic carbocycles. The molecule has 1 unspecified atom stereocenters. The third-order valence-electron chi connectivity index (χ3n) is 2.99. The summed E-state index contributed by atoms with van der Waals surface area (Å²) in [6.45, 7) is 0.688. The number of rotatable bonds is 1. The van der Waals surface area contributed by atoms with Crippen LogP contribution >= 0.6 is 31.9 Å². The van der Waals surface area contributed by atoms with E-state index < -0.39 is 0 Å². The van der Waals surface area contributed by atoms with Gasteiger partial charge in [-0.15, -0.1) is 0 Å². The van der Waals surface area contributed by atoms with Crippen LogP contribution in [-0.2, 0) is 4.79 Å². The van der Waals surface area contributed by atoms with Gasteiger partial charge in [0.2, 0.25) is 5.91 Å². The van der Waals surface area contributed by atoms with Gasteiger partial charge in [-0.3, -0.25) is 9.69 Å². The van der Waals surface area contributed by atoms with E-state index in [-0.39, 0.29) is 10.7 Å². The summed E-state index contributed by atoms with van der Waals surface area (Å²) < 4.78 is 1.03. The number of halogens is 2. The maximum absolute atomic E-state index is 11.8.